The second-order valence-electron chi connectivity index (χ2n) is 6.62. The monoisotopic (exact) mass is 317 g/mol. The minimum Gasteiger partial charge on any atom is -0.327 e. The van der Waals surface area contributed by atoms with E-state index in [-0.39, 0.29) is 11.9 Å². The molecule has 1 aromatic carbocycles. The molecule has 1 saturated carbocycles. The highest BCUT2D eigenvalue weighted by molar-refractivity contribution is 5.90. The summed E-state index contributed by atoms with van der Waals surface area (Å²) in [7, 11) is 0. The molecule has 1 fully saturated rings. The largest absolute Gasteiger partial charge is 0.327 e. The van der Waals surface area contributed by atoms with Gasteiger partial charge in [-0.3, -0.25) is 9.69 Å². The molecule has 0 aliphatic heterocycles. The molecule has 2 atom stereocenters. The number of hydrogen-bond acceptors (Lipinski definition) is 3. The van der Waals surface area contributed by atoms with Gasteiger partial charge in [0.05, 0.1) is 0 Å². The molecule has 1 aliphatic carbocycles. The van der Waals surface area contributed by atoms with Gasteiger partial charge in [-0.2, -0.15) is 0 Å². The maximum atomic E-state index is 12.3. The highest BCUT2D eigenvalue weighted by Gasteiger charge is 2.24. The van der Waals surface area contributed by atoms with Crippen LogP contribution in [0, 0.1) is 5.92 Å². The minimum absolute atomic E-state index is 0.0901. The van der Waals surface area contributed by atoms with Crippen molar-refractivity contribution >= 4 is 11.6 Å². The molecule has 0 saturated heterocycles. The van der Waals surface area contributed by atoms with Crippen molar-refractivity contribution in [2.45, 2.75) is 58.5 Å². The van der Waals surface area contributed by atoms with E-state index >= 15 is 0 Å². The van der Waals surface area contributed by atoms with Crippen LogP contribution >= 0.6 is 0 Å². The average molecular weight is 317 g/mol. The number of amides is 1. The van der Waals surface area contributed by atoms with Crippen molar-refractivity contribution in [2.24, 2.45) is 11.7 Å². The summed E-state index contributed by atoms with van der Waals surface area (Å²) in [6.07, 6.45) is 5.08. The highest BCUT2D eigenvalue weighted by Crippen LogP contribution is 2.26. The minimum atomic E-state index is 0.0901. The third kappa shape index (κ3) is 5.63. The second-order valence-corrected chi connectivity index (χ2v) is 6.62. The summed E-state index contributed by atoms with van der Waals surface area (Å²) in [5, 5.41) is 3.05. The smallest absolute Gasteiger partial charge is 0.224 e. The van der Waals surface area contributed by atoms with Gasteiger partial charge in [-0.25, -0.2) is 0 Å². The van der Waals surface area contributed by atoms with Crippen molar-refractivity contribution in [3.8, 4) is 0 Å². The molecular formula is C19H31N3O. The maximum absolute atomic E-state index is 12.3. The summed E-state index contributed by atoms with van der Waals surface area (Å²) < 4.78 is 0. The predicted molar refractivity (Wildman–Crippen MR) is 96.2 cm³/mol. The van der Waals surface area contributed by atoms with E-state index in [9.17, 15) is 4.79 Å². The van der Waals surface area contributed by atoms with Crippen LogP contribution in [0.2, 0.25) is 0 Å². The second kappa shape index (κ2) is 9.04. The molecule has 3 N–H and O–H groups in total. The Balaban J connectivity index is 1.90. The lowest BCUT2D eigenvalue weighted by atomic mass is 9.83. The Morgan fingerprint density at radius 2 is 2.00 bits per heavy atom. The van der Waals surface area contributed by atoms with E-state index in [1.165, 1.54) is 18.4 Å². The molecule has 23 heavy (non-hydrogen) atoms. The number of carbonyl (C=O) groups is 1. The van der Waals surface area contributed by atoms with Crippen molar-refractivity contribution < 1.29 is 4.79 Å². The van der Waals surface area contributed by atoms with Crippen LogP contribution in [0.15, 0.2) is 24.3 Å². The summed E-state index contributed by atoms with van der Waals surface area (Å²) in [6.45, 7) is 7.33. The van der Waals surface area contributed by atoms with Crippen LogP contribution in [0.5, 0.6) is 0 Å². The zero-order valence-electron chi connectivity index (χ0n) is 14.6. The molecule has 0 radical (unpaired) electrons. The maximum Gasteiger partial charge on any atom is 0.224 e. The van der Waals surface area contributed by atoms with Gasteiger partial charge in [-0.05, 0) is 49.5 Å². The lowest BCUT2D eigenvalue weighted by molar-refractivity contribution is -0.117. The Hall–Kier alpha value is -1.39. The van der Waals surface area contributed by atoms with Crippen LogP contribution in [0.3, 0.4) is 0 Å². The lowest BCUT2D eigenvalue weighted by Gasteiger charge is -2.28. The normalized spacial score (nSPS) is 21.4. The number of nitrogens with two attached hydrogens (primary N) is 1. The molecule has 0 spiro atoms. The molecule has 4 heteroatoms. The van der Waals surface area contributed by atoms with E-state index in [1.54, 1.807) is 0 Å². The molecule has 0 bridgehead atoms. The SMILES string of the molecule is CCN(CC)Cc1cccc(NC(=O)CC2CCCCC2N)c1. The van der Waals surface area contributed by atoms with E-state index in [4.69, 9.17) is 5.73 Å². The third-order valence-electron chi connectivity index (χ3n) is 4.93. The van der Waals surface area contributed by atoms with Gasteiger partial charge in [-0.15, -0.1) is 0 Å². The first kappa shape index (κ1) is 18.0. The number of rotatable bonds is 7. The molecule has 4 nitrogen and oxygen atoms in total. The topological polar surface area (TPSA) is 58.4 Å². The number of carbonyl (C=O) groups excluding carboxylic acids is 1. The number of nitrogens with one attached hydrogen (secondary N) is 1. The molecule has 1 aromatic rings. The van der Waals surface area contributed by atoms with Gasteiger partial charge in [0, 0.05) is 24.7 Å². The lowest BCUT2D eigenvalue weighted by Crippen LogP contribution is -2.35. The molecule has 2 unspecified atom stereocenters. The molecule has 1 amide bonds. The third-order valence-corrected chi connectivity index (χ3v) is 4.93. The Morgan fingerprint density at radius 3 is 2.70 bits per heavy atom. The van der Waals surface area contributed by atoms with Crippen LogP contribution in [-0.4, -0.2) is 29.9 Å². The van der Waals surface area contributed by atoms with Crippen molar-refractivity contribution in [1.82, 2.24) is 4.90 Å². The quantitative estimate of drug-likeness (QED) is 0.810. The van der Waals surface area contributed by atoms with Gasteiger partial charge in [0.25, 0.3) is 0 Å². The number of hydrogen-bond donors (Lipinski definition) is 2. The Labute approximate surface area is 140 Å². The van der Waals surface area contributed by atoms with Crippen molar-refractivity contribution in [3.63, 3.8) is 0 Å². The molecule has 128 valence electrons. The number of benzene rings is 1. The van der Waals surface area contributed by atoms with Gasteiger partial charge in [-0.1, -0.05) is 38.8 Å². The molecule has 1 aliphatic rings. The molecular weight excluding hydrogens is 286 g/mol. The van der Waals surface area contributed by atoms with Gasteiger partial charge in [0.1, 0.15) is 0 Å². The van der Waals surface area contributed by atoms with Crippen LogP contribution in [0.4, 0.5) is 5.69 Å². The van der Waals surface area contributed by atoms with Gasteiger partial charge < -0.3 is 11.1 Å². The zero-order valence-corrected chi connectivity index (χ0v) is 14.6. The van der Waals surface area contributed by atoms with Crippen molar-refractivity contribution in [3.05, 3.63) is 29.8 Å². The first-order chi connectivity index (χ1) is 11.1. The standard InChI is InChI=1S/C19H31N3O/c1-3-22(4-2)14-15-8-7-10-17(12-15)21-19(23)13-16-9-5-6-11-18(16)20/h7-8,10,12,16,18H,3-6,9,11,13-14,20H2,1-2H3,(H,21,23). The first-order valence-corrected chi connectivity index (χ1v) is 8.99. The van der Waals surface area contributed by atoms with E-state index in [0.717, 1.165) is 38.2 Å². The highest BCUT2D eigenvalue weighted by atomic mass is 16.1. The fraction of sp³-hybridized carbons (Fsp3) is 0.632. The van der Waals surface area contributed by atoms with Gasteiger partial charge in [0.2, 0.25) is 5.91 Å². The van der Waals surface area contributed by atoms with Gasteiger partial charge in [0.15, 0.2) is 0 Å². The Morgan fingerprint density at radius 1 is 1.26 bits per heavy atom. The number of anilines is 1. The van der Waals surface area contributed by atoms with E-state index in [2.05, 4.69) is 36.2 Å². The number of nitrogens with zero attached hydrogens (tertiary/aromatic N) is 1. The average Bonchev–Trinajstić information content (AvgIpc) is 2.55. The summed E-state index contributed by atoms with van der Waals surface area (Å²) in [6, 6.07) is 8.36. The fourth-order valence-corrected chi connectivity index (χ4v) is 3.39. The predicted octanol–water partition coefficient (Wildman–Crippen LogP) is 3.37. The summed E-state index contributed by atoms with van der Waals surface area (Å²) in [5.41, 5.74) is 8.27. The zero-order chi connectivity index (χ0) is 16.7. The van der Waals surface area contributed by atoms with E-state index in [1.807, 2.05) is 12.1 Å². The summed E-state index contributed by atoms with van der Waals surface area (Å²) >= 11 is 0. The van der Waals surface area contributed by atoms with Crippen LogP contribution < -0.4 is 11.1 Å². The van der Waals surface area contributed by atoms with Crippen molar-refractivity contribution in [2.75, 3.05) is 18.4 Å². The van der Waals surface area contributed by atoms with Gasteiger partial charge >= 0.3 is 0 Å². The summed E-state index contributed by atoms with van der Waals surface area (Å²) in [5.74, 6) is 0.426. The fourth-order valence-electron chi connectivity index (χ4n) is 3.39. The molecule has 2 rings (SSSR count). The van der Waals surface area contributed by atoms with Crippen molar-refractivity contribution in [1.29, 1.82) is 0 Å². The van der Waals surface area contributed by atoms with Crippen LogP contribution in [0.25, 0.3) is 0 Å². The first-order valence-electron chi connectivity index (χ1n) is 8.99. The Bertz CT molecular complexity index is 499. The molecule has 0 aromatic heterocycles. The summed E-state index contributed by atoms with van der Waals surface area (Å²) in [4.78, 5) is 14.7. The van der Waals surface area contributed by atoms with E-state index in [0.29, 0.717) is 12.3 Å². The molecule has 0 heterocycles. The van der Waals surface area contributed by atoms with E-state index < -0.39 is 0 Å². The van der Waals surface area contributed by atoms with Crippen LogP contribution in [0.1, 0.15) is 51.5 Å². The van der Waals surface area contributed by atoms with Crippen LogP contribution in [-0.2, 0) is 11.3 Å². The Kier molecular flexibility index (Phi) is 7.06.